The van der Waals surface area contributed by atoms with Crippen molar-refractivity contribution in [3.05, 3.63) is 23.2 Å². The Morgan fingerprint density at radius 1 is 1.59 bits per heavy atom. The van der Waals surface area contributed by atoms with Crippen LogP contribution in [-0.2, 0) is 5.54 Å². The molecular weight excluding hydrogens is 242 g/mol. The van der Waals surface area contributed by atoms with Crippen molar-refractivity contribution >= 4 is 28.6 Å². The molecule has 1 fully saturated rings. The van der Waals surface area contributed by atoms with Crippen molar-refractivity contribution in [1.29, 1.82) is 0 Å². The van der Waals surface area contributed by atoms with Crippen LogP contribution in [0.1, 0.15) is 30.1 Å². The highest BCUT2D eigenvalue weighted by atomic mass is 35.5. The molecule has 1 aliphatic carbocycles. The third-order valence-electron chi connectivity index (χ3n) is 3.30. The van der Waals surface area contributed by atoms with Crippen molar-refractivity contribution in [2.45, 2.75) is 25.3 Å². The van der Waals surface area contributed by atoms with Crippen LogP contribution in [-0.4, -0.2) is 25.6 Å². The first kappa shape index (κ1) is 10.5. The van der Waals surface area contributed by atoms with E-state index in [2.05, 4.69) is 9.97 Å². The molecule has 2 aromatic rings. The second kappa shape index (κ2) is 3.20. The van der Waals surface area contributed by atoms with E-state index in [1.165, 1.54) is 12.5 Å². The molecule has 88 valence electrons. The lowest BCUT2D eigenvalue weighted by Crippen LogP contribution is -2.13. The van der Waals surface area contributed by atoms with Crippen LogP contribution in [0.3, 0.4) is 0 Å². The fourth-order valence-electron chi connectivity index (χ4n) is 2.09. The van der Waals surface area contributed by atoms with E-state index < -0.39 is 5.97 Å². The van der Waals surface area contributed by atoms with Crippen molar-refractivity contribution in [2.24, 2.45) is 0 Å². The van der Waals surface area contributed by atoms with Crippen LogP contribution in [0.15, 0.2) is 12.5 Å². The maximum Gasteiger partial charge on any atom is 0.339 e. The first-order chi connectivity index (χ1) is 8.04. The van der Waals surface area contributed by atoms with Gasteiger partial charge in [0.1, 0.15) is 22.7 Å². The van der Waals surface area contributed by atoms with Gasteiger partial charge in [0.15, 0.2) is 0 Å². The van der Waals surface area contributed by atoms with Crippen molar-refractivity contribution in [3.63, 3.8) is 0 Å². The average Bonchev–Trinajstić information content (AvgIpc) is 2.92. The summed E-state index contributed by atoms with van der Waals surface area (Å²) >= 11 is 6.19. The Morgan fingerprint density at radius 3 is 2.88 bits per heavy atom. The van der Waals surface area contributed by atoms with Gasteiger partial charge in [-0.3, -0.25) is 0 Å². The summed E-state index contributed by atoms with van der Waals surface area (Å²) in [5.74, 6) is -1.04. The van der Waals surface area contributed by atoms with Crippen LogP contribution in [0.4, 0.5) is 0 Å². The minimum atomic E-state index is -1.04. The van der Waals surface area contributed by atoms with E-state index >= 15 is 0 Å². The van der Waals surface area contributed by atoms with Crippen LogP contribution in [0, 0.1) is 0 Å². The summed E-state index contributed by atoms with van der Waals surface area (Å²) in [7, 11) is 0. The predicted octanol–water partition coefficient (Wildman–Crippen LogP) is 2.29. The van der Waals surface area contributed by atoms with Crippen LogP contribution < -0.4 is 0 Å². The SMILES string of the molecule is CC1(n2c(Cl)c(C(=O)O)c3cncnc32)CC1. The number of carboxylic acids is 1. The van der Waals surface area contributed by atoms with Gasteiger partial charge in [0, 0.05) is 11.7 Å². The Morgan fingerprint density at radius 2 is 2.29 bits per heavy atom. The standard InChI is InChI=1S/C11H10ClN3O2/c1-11(2-3-11)15-8(12)7(10(16)17)6-4-13-5-14-9(6)15/h4-5H,2-3H2,1H3,(H,16,17). The van der Waals surface area contributed by atoms with Crippen LogP contribution in [0.25, 0.3) is 11.0 Å². The number of carboxylic acid groups (broad SMARTS) is 1. The van der Waals surface area contributed by atoms with E-state index in [1.54, 1.807) is 0 Å². The fourth-order valence-corrected chi connectivity index (χ4v) is 2.56. The van der Waals surface area contributed by atoms with Crippen molar-refractivity contribution in [1.82, 2.24) is 14.5 Å². The molecule has 0 aromatic carbocycles. The number of aromatic carboxylic acids is 1. The lowest BCUT2D eigenvalue weighted by molar-refractivity contribution is 0.0699. The topological polar surface area (TPSA) is 68.0 Å². The van der Waals surface area contributed by atoms with E-state index in [4.69, 9.17) is 11.6 Å². The molecule has 0 bridgehead atoms. The lowest BCUT2D eigenvalue weighted by Gasteiger charge is -2.13. The number of rotatable bonds is 2. The zero-order valence-electron chi connectivity index (χ0n) is 9.14. The van der Waals surface area contributed by atoms with Gasteiger partial charge in [-0.15, -0.1) is 0 Å². The third kappa shape index (κ3) is 1.35. The highest BCUT2D eigenvalue weighted by Gasteiger charge is 2.43. The Labute approximate surface area is 102 Å². The first-order valence-corrected chi connectivity index (χ1v) is 5.66. The van der Waals surface area contributed by atoms with Gasteiger partial charge in [0.25, 0.3) is 0 Å². The average molecular weight is 252 g/mol. The lowest BCUT2D eigenvalue weighted by atomic mass is 10.2. The Kier molecular flexibility index (Phi) is 1.98. The molecule has 2 aromatic heterocycles. The maximum atomic E-state index is 11.2. The third-order valence-corrected chi connectivity index (χ3v) is 3.66. The Balaban J connectivity index is 2.43. The van der Waals surface area contributed by atoms with Gasteiger partial charge in [-0.25, -0.2) is 14.8 Å². The van der Waals surface area contributed by atoms with Gasteiger partial charge in [0.05, 0.1) is 5.39 Å². The van der Waals surface area contributed by atoms with Crippen LogP contribution in [0.5, 0.6) is 0 Å². The Hall–Kier alpha value is -1.62. The molecule has 0 atom stereocenters. The molecule has 1 saturated carbocycles. The van der Waals surface area contributed by atoms with Gasteiger partial charge in [-0.2, -0.15) is 0 Å². The minimum Gasteiger partial charge on any atom is -0.478 e. The molecule has 0 amide bonds. The first-order valence-electron chi connectivity index (χ1n) is 5.28. The fraction of sp³-hybridized carbons (Fsp3) is 0.364. The number of carbonyl (C=O) groups is 1. The second-order valence-corrected chi connectivity index (χ2v) is 4.92. The van der Waals surface area contributed by atoms with E-state index in [0.717, 1.165) is 12.8 Å². The maximum absolute atomic E-state index is 11.2. The molecule has 17 heavy (non-hydrogen) atoms. The smallest absolute Gasteiger partial charge is 0.339 e. The molecule has 6 heteroatoms. The molecule has 2 heterocycles. The molecule has 0 aliphatic heterocycles. The van der Waals surface area contributed by atoms with Gasteiger partial charge >= 0.3 is 5.97 Å². The molecule has 0 saturated heterocycles. The van der Waals surface area contributed by atoms with Crippen molar-refractivity contribution in [2.75, 3.05) is 0 Å². The summed E-state index contributed by atoms with van der Waals surface area (Å²) in [4.78, 5) is 19.3. The second-order valence-electron chi connectivity index (χ2n) is 4.56. The zero-order chi connectivity index (χ0) is 12.2. The van der Waals surface area contributed by atoms with Crippen molar-refractivity contribution < 1.29 is 9.90 Å². The number of fused-ring (bicyclic) bond motifs is 1. The highest BCUT2D eigenvalue weighted by molar-refractivity contribution is 6.35. The largest absolute Gasteiger partial charge is 0.478 e. The van der Waals surface area contributed by atoms with Gasteiger partial charge < -0.3 is 9.67 Å². The van der Waals surface area contributed by atoms with Gasteiger partial charge in [-0.1, -0.05) is 11.6 Å². The monoisotopic (exact) mass is 251 g/mol. The molecule has 5 nitrogen and oxygen atoms in total. The van der Waals surface area contributed by atoms with E-state index in [9.17, 15) is 9.90 Å². The van der Waals surface area contributed by atoms with E-state index in [0.29, 0.717) is 11.0 Å². The molecular formula is C11H10ClN3O2. The summed E-state index contributed by atoms with van der Waals surface area (Å²) in [6.45, 7) is 2.05. The summed E-state index contributed by atoms with van der Waals surface area (Å²) in [6.07, 6.45) is 4.88. The molecule has 3 rings (SSSR count). The van der Waals surface area contributed by atoms with Crippen LogP contribution >= 0.6 is 11.6 Å². The summed E-state index contributed by atoms with van der Waals surface area (Å²) < 4.78 is 1.81. The molecule has 0 radical (unpaired) electrons. The molecule has 1 N–H and O–H groups in total. The zero-order valence-corrected chi connectivity index (χ0v) is 9.90. The summed E-state index contributed by atoms with van der Waals surface area (Å²) in [5, 5.41) is 9.95. The van der Waals surface area contributed by atoms with E-state index in [1.807, 2.05) is 11.5 Å². The predicted molar refractivity (Wildman–Crippen MR) is 62.4 cm³/mol. The normalized spacial score (nSPS) is 17.3. The highest BCUT2D eigenvalue weighted by Crippen LogP contribution is 2.48. The number of nitrogens with zero attached hydrogens (tertiary/aromatic N) is 3. The molecule has 1 aliphatic rings. The minimum absolute atomic E-state index is 0.0930. The van der Waals surface area contributed by atoms with Crippen LogP contribution in [0.2, 0.25) is 5.15 Å². The number of halogens is 1. The van der Waals surface area contributed by atoms with Gasteiger partial charge in [-0.05, 0) is 19.8 Å². The number of hydrogen-bond donors (Lipinski definition) is 1. The quantitative estimate of drug-likeness (QED) is 0.889. The summed E-state index contributed by atoms with van der Waals surface area (Å²) in [5.41, 5.74) is 0.593. The van der Waals surface area contributed by atoms with E-state index in [-0.39, 0.29) is 16.3 Å². The molecule has 0 unspecified atom stereocenters. The van der Waals surface area contributed by atoms with Crippen molar-refractivity contribution in [3.8, 4) is 0 Å². The van der Waals surface area contributed by atoms with Gasteiger partial charge in [0.2, 0.25) is 0 Å². The Bertz CT molecular complexity index is 631. The number of hydrogen-bond acceptors (Lipinski definition) is 3. The molecule has 0 spiro atoms. The number of aromatic nitrogens is 3. The summed E-state index contributed by atoms with van der Waals surface area (Å²) in [6, 6.07) is 0.